The number of aliphatic hydroxyl groups is 2. The Morgan fingerprint density at radius 3 is 2.16 bits per heavy atom. The van der Waals surface area contributed by atoms with Gasteiger partial charge in [-0.1, -0.05) is 103 Å². The molecule has 0 radical (unpaired) electrons. The highest BCUT2D eigenvalue weighted by molar-refractivity contribution is 6.30. The van der Waals surface area contributed by atoms with E-state index in [1.807, 2.05) is 29.2 Å². The highest BCUT2D eigenvalue weighted by Crippen LogP contribution is 2.42. The molecule has 3 N–H and O–H groups in total. The third-order valence-corrected chi connectivity index (χ3v) is 9.80. The zero-order chi connectivity index (χ0) is 36.5. The first-order chi connectivity index (χ1) is 24.0. The predicted molar refractivity (Wildman–Crippen MR) is 208 cm³/mol. The Kier molecular flexibility index (Phi) is 21.0. The first-order valence-corrected chi connectivity index (χ1v) is 19.3. The summed E-state index contributed by atoms with van der Waals surface area (Å²) in [6, 6.07) is 7.87. The van der Waals surface area contributed by atoms with Gasteiger partial charge in [-0.25, -0.2) is 9.97 Å². The maximum absolute atomic E-state index is 13.5. The zero-order valence-electron chi connectivity index (χ0n) is 31.5. The van der Waals surface area contributed by atoms with Crippen LogP contribution in [0.15, 0.2) is 30.6 Å². The van der Waals surface area contributed by atoms with Crippen LogP contribution in [0.1, 0.15) is 140 Å². The summed E-state index contributed by atoms with van der Waals surface area (Å²) in [4.78, 5) is 37.8. The fraction of sp³-hybridized carbons (Fsp3) is 0.692. The third-order valence-electron chi connectivity index (χ3n) is 9.54. The van der Waals surface area contributed by atoms with Gasteiger partial charge in [-0.2, -0.15) is 0 Å². The number of hydrogen-bond acceptors (Lipinski definition) is 9. The van der Waals surface area contributed by atoms with Crippen LogP contribution in [0, 0.1) is 0 Å². The number of aliphatic hydroxyl groups excluding tert-OH is 2. The van der Waals surface area contributed by atoms with Crippen molar-refractivity contribution in [3.63, 3.8) is 0 Å². The standard InChI is InChI=1S/C24H32ClN5O2.C15H30O3.ClH/c1-15(2)26-13-19(17-4-6-18(25)7-5-17)24(32)30-10-8-29(9-11-30)23-21-16(3)12-20(31)22(21)27-14-28-23;1-3-4-5-6-7-8-9-10-11-12-15(17)18-14(2)13-16;/h4-7,14-16,19-20,26,31H,8-13H2,1-3H3;14,16H,3-13H2,1-2H3;1H/t16-,19-,20-;;/m1../s1. The lowest BCUT2D eigenvalue weighted by Gasteiger charge is -2.38. The van der Waals surface area contributed by atoms with Crippen molar-refractivity contribution < 1.29 is 24.5 Å². The van der Waals surface area contributed by atoms with Gasteiger partial charge in [-0.15, -0.1) is 12.4 Å². The van der Waals surface area contributed by atoms with E-state index < -0.39 is 6.10 Å². The van der Waals surface area contributed by atoms with Gasteiger partial charge in [0.15, 0.2) is 0 Å². The van der Waals surface area contributed by atoms with E-state index in [9.17, 15) is 14.7 Å². The van der Waals surface area contributed by atoms with Crippen molar-refractivity contribution >= 4 is 41.7 Å². The largest absolute Gasteiger partial charge is 0.460 e. The van der Waals surface area contributed by atoms with Crippen molar-refractivity contribution in [2.24, 2.45) is 0 Å². The van der Waals surface area contributed by atoms with E-state index >= 15 is 0 Å². The van der Waals surface area contributed by atoms with Crippen molar-refractivity contribution in [2.45, 2.75) is 135 Å². The van der Waals surface area contributed by atoms with Crippen LogP contribution in [0.2, 0.25) is 5.02 Å². The Labute approximate surface area is 317 Å². The van der Waals surface area contributed by atoms with Gasteiger partial charge in [0.1, 0.15) is 18.2 Å². The lowest BCUT2D eigenvalue weighted by Crippen LogP contribution is -2.51. The quantitative estimate of drug-likeness (QED) is 0.106. The van der Waals surface area contributed by atoms with Gasteiger partial charge >= 0.3 is 5.97 Å². The number of aromatic nitrogens is 2. The smallest absolute Gasteiger partial charge is 0.306 e. The van der Waals surface area contributed by atoms with Gasteiger partial charge < -0.3 is 30.1 Å². The fourth-order valence-corrected chi connectivity index (χ4v) is 6.74. The van der Waals surface area contributed by atoms with Crippen LogP contribution in [-0.2, 0) is 14.3 Å². The highest BCUT2D eigenvalue weighted by atomic mass is 35.5. The summed E-state index contributed by atoms with van der Waals surface area (Å²) in [5.74, 6) is 0.838. The molecule has 0 bridgehead atoms. The van der Waals surface area contributed by atoms with Crippen LogP contribution in [-0.4, -0.2) is 88.4 Å². The Hall–Kier alpha value is -2.50. The fourth-order valence-electron chi connectivity index (χ4n) is 6.61. The number of nitrogens with zero attached hydrogens (tertiary/aromatic N) is 4. The number of esters is 1. The molecule has 12 heteroatoms. The van der Waals surface area contributed by atoms with E-state index in [0.29, 0.717) is 56.6 Å². The van der Waals surface area contributed by atoms with Crippen LogP contribution in [0.3, 0.4) is 0 Å². The zero-order valence-corrected chi connectivity index (χ0v) is 33.1. The molecular formula is C39H63Cl2N5O5. The molecule has 1 aliphatic carbocycles. The maximum Gasteiger partial charge on any atom is 0.306 e. The summed E-state index contributed by atoms with van der Waals surface area (Å²) in [5.41, 5.74) is 2.79. The molecule has 10 nitrogen and oxygen atoms in total. The normalized spacial score (nSPS) is 18.0. The van der Waals surface area contributed by atoms with E-state index in [1.54, 1.807) is 13.3 Å². The number of carbonyl (C=O) groups is 2. The van der Waals surface area contributed by atoms with Gasteiger partial charge in [-0.05, 0) is 43.4 Å². The monoisotopic (exact) mass is 751 g/mol. The second-order valence-electron chi connectivity index (χ2n) is 14.2. The number of rotatable bonds is 18. The van der Waals surface area contributed by atoms with Crippen molar-refractivity contribution in [2.75, 3.05) is 44.2 Å². The average Bonchev–Trinajstić information content (AvgIpc) is 3.41. The summed E-state index contributed by atoms with van der Waals surface area (Å²) in [5, 5.41) is 23.1. The molecule has 2 heterocycles. The second kappa shape index (κ2) is 23.9. The maximum atomic E-state index is 13.5. The van der Waals surface area contributed by atoms with Crippen molar-refractivity contribution in [3.05, 3.63) is 52.4 Å². The molecule has 1 aliphatic heterocycles. The SMILES string of the molecule is CC(C)NC[C@@H](C(=O)N1CCN(c2ncnc3c2[C@H](C)C[C@H]3O)CC1)c1ccc(Cl)cc1.CCCCCCCCCCCC(=O)OC(C)CO.Cl. The lowest BCUT2D eigenvalue weighted by molar-refractivity contribution is -0.150. The van der Waals surface area contributed by atoms with Crippen molar-refractivity contribution in [1.29, 1.82) is 0 Å². The van der Waals surface area contributed by atoms with E-state index in [4.69, 9.17) is 21.4 Å². The number of hydrogen-bond donors (Lipinski definition) is 3. The first kappa shape index (κ1) is 44.7. The molecule has 2 aromatic rings. The van der Waals surface area contributed by atoms with E-state index in [-0.39, 0.29) is 48.8 Å². The minimum absolute atomic E-state index is 0. The Bertz CT molecular complexity index is 1290. The van der Waals surface area contributed by atoms with Crippen molar-refractivity contribution in [1.82, 2.24) is 20.2 Å². The van der Waals surface area contributed by atoms with E-state index in [2.05, 4.69) is 47.9 Å². The molecule has 1 aromatic carbocycles. The molecule has 0 saturated carbocycles. The Balaban J connectivity index is 0.000000409. The lowest BCUT2D eigenvalue weighted by atomic mass is 9.96. The highest BCUT2D eigenvalue weighted by Gasteiger charge is 2.35. The van der Waals surface area contributed by atoms with Crippen LogP contribution < -0.4 is 10.2 Å². The van der Waals surface area contributed by atoms with Gasteiger partial charge in [0, 0.05) is 55.8 Å². The summed E-state index contributed by atoms with van der Waals surface area (Å²) in [7, 11) is 0. The number of fused-ring (bicyclic) bond motifs is 1. The molecule has 2 aliphatic rings. The molecule has 0 spiro atoms. The molecule has 4 rings (SSSR count). The minimum Gasteiger partial charge on any atom is -0.460 e. The van der Waals surface area contributed by atoms with Crippen molar-refractivity contribution in [3.8, 4) is 0 Å². The van der Waals surface area contributed by atoms with E-state index in [0.717, 1.165) is 35.5 Å². The van der Waals surface area contributed by atoms with Crippen LogP contribution in [0.25, 0.3) is 0 Å². The number of ether oxygens (including phenoxy) is 1. The molecule has 51 heavy (non-hydrogen) atoms. The van der Waals surface area contributed by atoms with Gasteiger partial charge in [0.2, 0.25) is 5.91 Å². The molecule has 1 saturated heterocycles. The number of anilines is 1. The Morgan fingerprint density at radius 1 is 0.961 bits per heavy atom. The predicted octanol–water partition coefficient (Wildman–Crippen LogP) is 7.35. The first-order valence-electron chi connectivity index (χ1n) is 18.9. The van der Waals surface area contributed by atoms with Crippen LogP contribution >= 0.6 is 24.0 Å². The summed E-state index contributed by atoms with van der Waals surface area (Å²) in [6.45, 7) is 13.4. The second-order valence-corrected chi connectivity index (χ2v) is 14.6. The van der Waals surface area contributed by atoms with Gasteiger partial charge in [-0.3, -0.25) is 9.59 Å². The van der Waals surface area contributed by atoms with E-state index in [1.165, 1.54) is 44.9 Å². The van der Waals surface area contributed by atoms with Gasteiger partial charge in [0.05, 0.1) is 24.3 Å². The minimum atomic E-state index is -0.516. The molecular weight excluding hydrogens is 689 g/mol. The number of unbranched alkanes of at least 4 members (excludes halogenated alkanes) is 8. The Morgan fingerprint density at radius 2 is 1.57 bits per heavy atom. The van der Waals surface area contributed by atoms with Crippen LogP contribution in [0.5, 0.6) is 0 Å². The van der Waals surface area contributed by atoms with Gasteiger partial charge in [0.25, 0.3) is 0 Å². The number of amides is 1. The molecule has 288 valence electrons. The molecule has 1 fully saturated rings. The molecule has 1 unspecified atom stereocenters. The summed E-state index contributed by atoms with van der Waals surface area (Å²) >= 11 is 6.06. The number of benzene rings is 1. The average molecular weight is 753 g/mol. The number of nitrogens with one attached hydrogen (secondary N) is 1. The molecule has 1 aromatic heterocycles. The summed E-state index contributed by atoms with van der Waals surface area (Å²) in [6.07, 6.45) is 13.0. The number of piperazine rings is 1. The molecule has 1 amide bonds. The number of carbonyl (C=O) groups excluding carboxylic acids is 2. The topological polar surface area (TPSA) is 128 Å². The molecule has 4 atom stereocenters. The van der Waals surface area contributed by atoms with Crippen LogP contribution in [0.4, 0.5) is 5.82 Å². The third kappa shape index (κ3) is 14.8. The number of halogens is 2. The summed E-state index contributed by atoms with van der Waals surface area (Å²) < 4.78 is 4.98.